The van der Waals surface area contributed by atoms with Gasteiger partial charge in [-0.3, -0.25) is 0 Å². The molecule has 0 saturated heterocycles. The average Bonchev–Trinajstić information content (AvgIpc) is 2.36. The summed E-state index contributed by atoms with van der Waals surface area (Å²) in [6.45, 7) is 4.28. The van der Waals surface area contributed by atoms with E-state index in [1.165, 1.54) is 0 Å². The lowest BCUT2D eigenvalue weighted by Gasteiger charge is -2.02. The van der Waals surface area contributed by atoms with Crippen molar-refractivity contribution in [3.05, 3.63) is 11.8 Å². The maximum absolute atomic E-state index is 5.38. The van der Waals surface area contributed by atoms with E-state index in [9.17, 15) is 0 Å². The molecular weight excluding hydrogens is 140 g/mol. The second-order valence-electron chi connectivity index (χ2n) is 2.84. The normalized spacial score (nSPS) is 13.3. The highest BCUT2D eigenvalue weighted by Gasteiger charge is 2.08. The van der Waals surface area contributed by atoms with Gasteiger partial charge in [0.05, 0.1) is 5.69 Å². The van der Waals surface area contributed by atoms with Crippen LogP contribution in [-0.2, 0) is 0 Å². The van der Waals surface area contributed by atoms with E-state index in [0.717, 1.165) is 18.5 Å². The first-order chi connectivity index (χ1) is 5.24. The van der Waals surface area contributed by atoms with Crippen LogP contribution < -0.4 is 5.73 Å². The zero-order chi connectivity index (χ0) is 8.27. The fourth-order valence-corrected chi connectivity index (χ4v) is 1.12. The van der Waals surface area contributed by atoms with Crippen LogP contribution in [0, 0.1) is 0 Å². The van der Waals surface area contributed by atoms with Crippen LogP contribution in [0.1, 0.15) is 38.3 Å². The first-order valence-corrected chi connectivity index (χ1v) is 3.96. The van der Waals surface area contributed by atoms with Crippen LogP contribution in [0.15, 0.2) is 10.6 Å². The van der Waals surface area contributed by atoms with E-state index in [4.69, 9.17) is 10.3 Å². The van der Waals surface area contributed by atoms with Gasteiger partial charge in [-0.2, -0.15) is 0 Å². The smallest absolute Gasteiger partial charge is 0.222 e. The minimum Gasteiger partial charge on any atom is -0.368 e. The third-order valence-corrected chi connectivity index (χ3v) is 1.77. The fourth-order valence-electron chi connectivity index (χ4n) is 1.12. The van der Waals surface area contributed by atoms with Crippen LogP contribution in [0.4, 0.5) is 5.88 Å². The van der Waals surface area contributed by atoms with E-state index >= 15 is 0 Å². The van der Waals surface area contributed by atoms with Crippen molar-refractivity contribution in [2.24, 2.45) is 0 Å². The Bertz CT molecular complexity index is 220. The molecule has 1 atom stereocenters. The van der Waals surface area contributed by atoms with Crippen LogP contribution in [0.2, 0.25) is 0 Å². The second-order valence-corrected chi connectivity index (χ2v) is 2.84. The zero-order valence-corrected chi connectivity index (χ0v) is 7.00. The van der Waals surface area contributed by atoms with Gasteiger partial charge in [-0.15, -0.1) is 0 Å². The molecule has 0 amide bonds. The summed E-state index contributed by atoms with van der Waals surface area (Å²) in [7, 11) is 0. The number of hydrogen-bond donors (Lipinski definition) is 1. The quantitative estimate of drug-likeness (QED) is 0.725. The molecule has 3 nitrogen and oxygen atoms in total. The predicted molar refractivity (Wildman–Crippen MR) is 44.2 cm³/mol. The van der Waals surface area contributed by atoms with Crippen molar-refractivity contribution in [1.29, 1.82) is 0 Å². The number of anilines is 1. The summed E-state index contributed by atoms with van der Waals surface area (Å²) in [6, 6.07) is 1.79. The number of nitrogens with two attached hydrogens (primary N) is 1. The molecule has 0 saturated carbocycles. The highest BCUT2D eigenvalue weighted by atomic mass is 16.5. The molecule has 2 N–H and O–H groups in total. The lowest BCUT2D eigenvalue weighted by molar-refractivity contribution is 0.419. The molecule has 0 aliphatic rings. The van der Waals surface area contributed by atoms with Crippen molar-refractivity contribution in [2.45, 2.75) is 32.6 Å². The highest BCUT2D eigenvalue weighted by Crippen LogP contribution is 2.20. The van der Waals surface area contributed by atoms with Crippen molar-refractivity contribution >= 4 is 5.88 Å². The molecule has 62 valence electrons. The van der Waals surface area contributed by atoms with Crippen molar-refractivity contribution in [1.82, 2.24) is 5.16 Å². The largest absolute Gasteiger partial charge is 0.368 e. The van der Waals surface area contributed by atoms with E-state index in [-0.39, 0.29) is 0 Å². The first-order valence-electron chi connectivity index (χ1n) is 3.96. The number of nitrogens with zero attached hydrogens (tertiary/aromatic N) is 1. The SMILES string of the molecule is CCCC(C)c1cc(N)on1. The summed E-state index contributed by atoms with van der Waals surface area (Å²) in [4.78, 5) is 0. The minimum absolute atomic E-state index is 0.406. The van der Waals surface area contributed by atoms with E-state index in [1.54, 1.807) is 6.07 Å². The molecule has 1 unspecified atom stereocenters. The molecule has 0 fully saturated rings. The summed E-state index contributed by atoms with van der Waals surface area (Å²) < 4.78 is 4.76. The molecule has 0 spiro atoms. The summed E-state index contributed by atoms with van der Waals surface area (Å²) in [5, 5.41) is 3.83. The Balaban J connectivity index is 2.60. The lowest BCUT2D eigenvalue weighted by Crippen LogP contribution is -1.91. The van der Waals surface area contributed by atoms with Gasteiger partial charge in [-0.1, -0.05) is 25.4 Å². The molecule has 1 aromatic heterocycles. The Morgan fingerprint density at radius 1 is 1.73 bits per heavy atom. The van der Waals surface area contributed by atoms with Gasteiger partial charge in [0, 0.05) is 12.0 Å². The third-order valence-electron chi connectivity index (χ3n) is 1.77. The van der Waals surface area contributed by atoms with Gasteiger partial charge in [0.15, 0.2) is 0 Å². The molecule has 0 aromatic carbocycles. The summed E-state index contributed by atoms with van der Waals surface area (Å²) >= 11 is 0. The van der Waals surface area contributed by atoms with E-state index < -0.39 is 0 Å². The van der Waals surface area contributed by atoms with Gasteiger partial charge in [0.25, 0.3) is 0 Å². The predicted octanol–water partition coefficient (Wildman–Crippen LogP) is 2.16. The Kier molecular flexibility index (Phi) is 2.52. The Morgan fingerprint density at radius 3 is 2.91 bits per heavy atom. The van der Waals surface area contributed by atoms with Crippen molar-refractivity contribution in [2.75, 3.05) is 5.73 Å². The molecule has 11 heavy (non-hydrogen) atoms. The molecule has 1 rings (SSSR count). The number of rotatable bonds is 3. The molecule has 0 radical (unpaired) electrons. The van der Waals surface area contributed by atoms with Gasteiger partial charge in [0.2, 0.25) is 5.88 Å². The fraction of sp³-hybridized carbons (Fsp3) is 0.625. The number of hydrogen-bond acceptors (Lipinski definition) is 3. The van der Waals surface area contributed by atoms with Crippen molar-refractivity contribution < 1.29 is 4.52 Å². The van der Waals surface area contributed by atoms with Crippen LogP contribution in [0.25, 0.3) is 0 Å². The van der Waals surface area contributed by atoms with E-state index in [1.807, 2.05) is 0 Å². The van der Waals surface area contributed by atoms with E-state index in [2.05, 4.69) is 19.0 Å². The molecular formula is C8H14N2O. The molecule has 1 heterocycles. The third kappa shape index (κ3) is 1.97. The van der Waals surface area contributed by atoms with Gasteiger partial charge in [-0.05, 0) is 6.42 Å². The average molecular weight is 154 g/mol. The zero-order valence-electron chi connectivity index (χ0n) is 7.00. The summed E-state index contributed by atoms with van der Waals surface area (Å²) in [5.74, 6) is 0.865. The lowest BCUT2D eigenvalue weighted by atomic mass is 10.0. The summed E-state index contributed by atoms with van der Waals surface area (Å²) in [5.41, 5.74) is 6.35. The topological polar surface area (TPSA) is 52.0 Å². The molecule has 0 aliphatic carbocycles. The van der Waals surface area contributed by atoms with Gasteiger partial charge < -0.3 is 10.3 Å². The Labute approximate surface area is 66.6 Å². The Hall–Kier alpha value is -0.990. The second kappa shape index (κ2) is 3.42. The molecule has 1 aromatic rings. The molecule has 0 bridgehead atoms. The van der Waals surface area contributed by atoms with Crippen LogP contribution >= 0.6 is 0 Å². The number of aromatic nitrogens is 1. The van der Waals surface area contributed by atoms with Gasteiger partial charge in [0.1, 0.15) is 0 Å². The minimum atomic E-state index is 0.406. The van der Waals surface area contributed by atoms with Crippen LogP contribution in [0.5, 0.6) is 0 Å². The maximum Gasteiger partial charge on any atom is 0.222 e. The van der Waals surface area contributed by atoms with Crippen molar-refractivity contribution in [3.63, 3.8) is 0 Å². The van der Waals surface area contributed by atoms with Crippen LogP contribution in [0.3, 0.4) is 0 Å². The van der Waals surface area contributed by atoms with Gasteiger partial charge >= 0.3 is 0 Å². The maximum atomic E-state index is 5.38. The molecule has 3 heteroatoms. The highest BCUT2D eigenvalue weighted by molar-refractivity contribution is 5.25. The summed E-state index contributed by atoms with van der Waals surface area (Å²) in [6.07, 6.45) is 2.29. The van der Waals surface area contributed by atoms with Crippen molar-refractivity contribution in [3.8, 4) is 0 Å². The Morgan fingerprint density at radius 2 is 2.45 bits per heavy atom. The van der Waals surface area contributed by atoms with Crippen LogP contribution in [-0.4, -0.2) is 5.16 Å². The number of nitrogen functional groups attached to an aromatic ring is 1. The molecule has 0 aliphatic heterocycles. The first kappa shape index (κ1) is 8.11. The standard InChI is InChI=1S/C8H14N2O/c1-3-4-6(2)7-5-8(9)11-10-7/h5-6H,3-4,9H2,1-2H3. The van der Waals surface area contributed by atoms with Gasteiger partial charge in [-0.25, -0.2) is 0 Å². The van der Waals surface area contributed by atoms with E-state index in [0.29, 0.717) is 11.8 Å². The monoisotopic (exact) mass is 154 g/mol.